The summed E-state index contributed by atoms with van der Waals surface area (Å²) in [7, 11) is 1.23. The number of carbonyl (C=O) groups excluding carboxylic acids is 2. The van der Waals surface area contributed by atoms with Crippen molar-refractivity contribution in [2.24, 2.45) is 5.16 Å². The van der Waals surface area contributed by atoms with Crippen LogP contribution in [-0.4, -0.2) is 79.9 Å². The van der Waals surface area contributed by atoms with E-state index in [-0.39, 0.29) is 23.1 Å². The zero-order valence-electron chi connectivity index (χ0n) is 16.1. The number of hydrazine groups is 1. The van der Waals surface area contributed by atoms with Gasteiger partial charge in [0.1, 0.15) is 18.8 Å². The molecule has 160 valence electrons. The Morgan fingerprint density at radius 2 is 2.03 bits per heavy atom. The van der Waals surface area contributed by atoms with Crippen LogP contribution in [0.2, 0.25) is 0 Å². The number of hydrogen-bond donors (Lipinski definition) is 4. The minimum Gasteiger partial charge on any atom is -0.478 e. The van der Waals surface area contributed by atoms with Crippen LogP contribution in [0.1, 0.15) is 19.5 Å². The van der Waals surface area contributed by atoms with Gasteiger partial charge in [0.2, 0.25) is 0 Å². The van der Waals surface area contributed by atoms with Crippen LogP contribution in [0.3, 0.4) is 0 Å². The summed E-state index contributed by atoms with van der Waals surface area (Å²) < 4.78 is 0. The van der Waals surface area contributed by atoms with Crippen LogP contribution in [0, 0.1) is 0 Å². The van der Waals surface area contributed by atoms with Crippen molar-refractivity contribution in [1.82, 2.24) is 20.3 Å². The van der Waals surface area contributed by atoms with Crippen LogP contribution >= 0.6 is 11.3 Å². The number of thiazole rings is 1. The number of amides is 2. The van der Waals surface area contributed by atoms with Crippen molar-refractivity contribution in [3.8, 4) is 0 Å². The van der Waals surface area contributed by atoms with Gasteiger partial charge in [0.05, 0.1) is 11.1 Å². The molecule has 30 heavy (non-hydrogen) atoms. The molecular weight excluding hydrogens is 420 g/mol. The molecule has 14 heteroatoms. The number of aromatic nitrogens is 1. The number of hydrogen-bond acceptors (Lipinski definition) is 10. The highest BCUT2D eigenvalue weighted by atomic mass is 32.1. The predicted molar refractivity (Wildman–Crippen MR) is 102 cm³/mol. The van der Waals surface area contributed by atoms with Crippen molar-refractivity contribution in [3.63, 3.8) is 0 Å². The van der Waals surface area contributed by atoms with Gasteiger partial charge in [-0.2, -0.15) is 0 Å². The Hall–Kier alpha value is -3.52. The van der Waals surface area contributed by atoms with E-state index in [2.05, 4.69) is 20.3 Å². The lowest BCUT2D eigenvalue weighted by Gasteiger charge is -2.32. The molecule has 3 heterocycles. The van der Waals surface area contributed by atoms with Crippen LogP contribution in [0.15, 0.2) is 21.8 Å². The molecule has 0 saturated carbocycles. The molecule has 1 saturated heterocycles. The molecule has 0 radical (unpaired) electrons. The van der Waals surface area contributed by atoms with Gasteiger partial charge in [0, 0.05) is 11.9 Å². The minimum absolute atomic E-state index is 0.141. The Morgan fingerprint density at radius 1 is 1.37 bits per heavy atom. The Labute approximate surface area is 173 Å². The van der Waals surface area contributed by atoms with E-state index in [1.165, 1.54) is 31.3 Å². The molecule has 1 aromatic rings. The second-order valence-corrected chi connectivity index (χ2v) is 7.73. The maximum absolute atomic E-state index is 12.9. The first-order valence-corrected chi connectivity index (χ1v) is 9.34. The summed E-state index contributed by atoms with van der Waals surface area (Å²) in [4.78, 5) is 57.6. The van der Waals surface area contributed by atoms with Crippen molar-refractivity contribution in [3.05, 3.63) is 22.3 Å². The van der Waals surface area contributed by atoms with Crippen molar-refractivity contribution in [1.29, 1.82) is 0 Å². The number of rotatable bonds is 6. The zero-order chi connectivity index (χ0) is 22.4. The molecule has 1 unspecified atom stereocenters. The van der Waals surface area contributed by atoms with Crippen molar-refractivity contribution < 1.29 is 34.2 Å². The maximum Gasteiger partial charge on any atom is 0.354 e. The van der Waals surface area contributed by atoms with Gasteiger partial charge < -0.3 is 26.1 Å². The summed E-state index contributed by atoms with van der Waals surface area (Å²) in [5.41, 5.74) is 3.11. The highest BCUT2D eigenvalue weighted by Crippen LogP contribution is 2.41. The van der Waals surface area contributed by atoms with Crippen LogP contribution < -0.4 is 11.1 Å². The standard InChI is InChI=1S/C16H18N6O7S/c1-16(2)8(13(25)26)10(14(27)28)22-12(24)6(4-21(16)22)18-11(23)9(20-29-3)7-5-30-15(17)19-7/h5-6H,4H2,1-3H3,(H2,17,19)(H,18,23)(H,25,26)(H,27,28)/b20-9-. The maximum atomic E-state index is 12.9. The fourth-order valence-electron chi connectivity index (χ4n) is 3.42. The Kier molecular flexibility index (Phi) is 5.22. The number of carboxylic acids is 2. The molecule has 2 aliphatic heterocycles. The predicted octanol–water partition coefficient (Wildman–Crippen LogP) is -1.16. The lowest BCUT2D eigenvalue weighted by molar-refractivity contribution is -0.145. The molecule has 2 aliphatic rings. The van der Waals surface area contributed by atoms with E-state index in [1.54, 1.807) is 0 Å². The third-order valence-corrected chi connectivity index (χ3v) is 5.37. The number of aliphatic carboxylic acids is 2. The van der Waals surface area contributed by atoms with Crippen molar-refractivity contribution in [2.45, 2.75) is 25.4 Å². The first-order chi connectivity index (χ1) is 14.0. The van der Waals surface area contributed by atoms with Gasteiger partial charge in [-0.3, -0.25) is 9.59 Å². The Balaban J connectivity index is 1.90. The quantitative estimate of drug-likeness (QED) is 0.311. The molecular formula is C16H18N6O7S. The summed E-state index contributed by atoms with van der Waals surface area (Å²) in [5, 5.41) is 28.9. The number of anilines is 1. The number of nitrogens with zero attached hydrogens (tertiary/aromatic N) is 4. The first-order valence-electron chi connectivity index (χ1n) is 8.47. The third kappa shape index (κ3) is 3.25. The zero-order valence-corrected chi connectivity index (χ0v) is 16.9. The Bertz CT molecular complexity index is 1010. The molecule has 1 atom stereocenters. The molecule has 0 spiro atoms. The lowest BCUT2D eigenvalue weighted by Crippen LogP contribution is -2.47. The number of carboxylic acid groups (broad SMARTS) is 2. The number of nitrogens with two attached hydrogens (primary N) is 1. The normalized spacial score (nSPS) is 21.0. The molecule has 3 rings (SSSR count). The van der Waals surface area contributed by atoms with Gasteiger partial charge in [-0.1, -0.05) is 5.16 Å². The van der Waals surface area contributed by atoms with Crippen molar-refractivity contribution >= 4 is 45.9 Å². The van der Waals surface area contributed by atoms with Gasteiger partial charge in [0.15, 0.2) is 16.5 Å². The number of oxime groups is 1. The monoisotopic (exact) mass is 438 g/mol. The second kappa shape index (κ2) is 7.38. The van der Waals surface area contributed by atoms with E-state index in [9.17, 15) is 29.4 Å². The molecule has 0 aromatic carbocycles. The highest BCUT2D eigenvalue weighted by molar-refractivity contribution is 7.13. The van der Waals surface area contributed by atoms with E-state index >= 15 is 0 Å². The minimum atomic E-state index is -1.57. The van der Waals surface area contributed by atoms with Crippen LogP contribution in [0.4, 0.5) is 5.13 Å². The van der Waals surface area contributed by atoms with E-state index in [0.29, 0.717) is 0 Å². The van der Waals surface area contributed by atoms with Gasteiger partial charge in [-0.05, 0) is 13.8 Å². The summed E-state index contributed by atoms with van der Waals surface area (Å²) in [6, 6.07) is -1.15. The summed E-state index contributed by atoms with van der Waals surface area (Å²) in [6.45, 7) is 2.81. The van der Waals surface area contributed by atoms with Crippen LogP contribution in [0.25, 0.3) is 0 Å². The lowest BCUT2D eigenvalue weighted by atomic mass is 9.92. The smallest absolute Gasteiger partial charge is 0.354 e. The number of nitrogen functional groups attached to an aromatic ring is 1. The molecule has 13 nitrogen and oxygen atoms in total. The van der Waals surface area contributed by atoms with Gasteiger partial charge in [-0.25, -0.2) is 24.6 Å². The molecule has 0 bridgehead atoms. The molecule has 2 amide bonds. The fraction of sp³-hybridized carbons (Fsp3) is 0.375. The second-order valence-electron chi connectivity index (χ2n) is 6.84. The third-order valence-electron chi connectivity index (χ3n) is 4.69. The summed E-state index contributed by atoms with van der Waals surface area (Å²) in [5.74, 6) is -4.60. The topological polar surface area (TPSA) is 188 Å². The average Bonchev–Trinajstić information content (AvgIpc) is 3.27. The fourth-order valence-corrected chi connectivity index (χ4v) is 3.97. The number of carbonyl (C=O) groups is 4. The van der Waals surface area contributed by atoms with Crippen LogP contribution in [0.5, 0.6) is 0 Å². The summed E-state index contributed by atoms with van der Waals surface area (Å²) >= 11 is 1.08. The average molecular weight is 438 g/mol. The highest BCUT2D eigenvalue weighted by Gasteiger charge is 2.58. The van der Waals surface area contributed by atoms with E-state index < -0.39 is 46.6 Å². The largest absolute Gasteiger partial charge is 0.478 e. The molecule has 5 N–H and O–H groups in total. The SMILES string of the molecule is CO/N=C(\C(=O)NC1CN2N(C1=O)C(C(=O)O)=C(C(=O)O)C2(C)C)c1csc(N)n1. The molecule has 1 fully saturated rings. The summed E-state index contributed by atoms with van der Waals surface area (Å²) in [6.07, 6.45) is 0. The van der Waals surface area contributed by atoms with Gasteiger partial charge >= 0.3 is 11.9 Å². The van der Waals surface area contributed by atoms with E-state index in [0.717, 1.165) is 16.3 Å². The van der Waals surface area contributed by atoms with E-state index in [1.807, 2.05) is 0 Å². The van der Waals surface area contributed by atoms with Crippen molar-refractivity contribution in [2.75, 3.05) is 19.4 Å². The first kappa shape index (κ1) is 21.2. The number of nitrogens with one attached hydrogen (secondary N) is 1. The van der Waals surface area contributed by atoms with Gasteiger partial charge in [-0.15, -0.1) is 11.3 Å². The molecule has 0 aliphatic carbocycles. The van der Waals surface area contributed by atoms with E-state index in [4.69, 9.17) is 5.73 Å². The van der Waals surface area contributed by atoms with Gasteiger partial charge in [0.25, 0.3) is 11.8 Å². The van der Waals surface area contributed by atoms with Crippen LogP contribution in [-0.2, 0) is 24.0 Å². The Morgan fingerprint density at radius 3 is 2.53 bits per heavy atom. The number of fused-ring (bicyclic) bond motifs is 1. The molecule has 1 aromatic heterocycles.